The molecule has 6 rings (SSSR count). The maximum absolute atomic E-state index is 13.4. The van der Waals surface area contributed by atoms with E-state index in [9.17, 15) is 24.4 Å². The highest BCUT2D eigenvalue weighted by Gasteiger charge is 2.52. The number of esters is 3. The number of carbonyl (C=O) groups excluding carboxylic acids is 3. The van der Waals surface area contributed by atoms with Gasteiger partial charge >= 0.3 is 17.9 Å². The minimum absolute atomic E-state index is 0.0453. The van der Waals surface area contributed by atoms with Gasteiger partial charge in [-0.05, 0) is 36.4 Å². The zero-order valence-corrected chi connectivity index (χ0v) is 23.3. The van der Waals surface area contributed by atoms with Gasteiger partial charge in [-0.25, -0.2) is 24.0 Å². The van der Waals surface area contributed by atoms with Crippen LogP contribution in [0.5, 0.6) is 0 Å². The Morgan fingerprint density at radius 2 is 1.36 bits per heavy atom. The van der Waals surface area contributed by atoms with E-state index in [0.29, 0.717) is 0 Å². The zero-order chi connectivity index (χ0) is 31.3. The highest BCUT2D eigenvalue weighted by Crippen LogP contribution is 2.36. The Morgan fingerprint density at radius 1 is 0.822 bits per heavy atom. The molecule has 1 aliphatic rings. The number of hydrogen-bond donors (Lipinski definition) is 1. The molecule has 224 valence electrons. The summed E-state index contributed by atoms with van der Waals surface area (Å²) in [5.74, 6) is -2.21. The van der Waals surface area contributed by atoms with Crippen LogP contribution in [-0.4, -0.2) is 62.6 Å². The zero-order valence-electron chi connectivity index (χ0n) is 23.3. The lowest BCUT2D eigenvalue weighted by Crippen LogP contribution is -2.41. The fourth-order valence-corrected chi connectivity index (χ4v) is 4.89. The molecule has 5 aromatic rings. The van der Waals surface area contributed by atoms with Crippen LogP contribution < -0.4 is 5.56 Å². The van der Waals surface area contributed by atoms with Crippen LogP contribution >= 0.6 is 0 Å². The van der Waals surface area contributed by atoms with Gasteiger partial charge in [-0.3, -0.25) is 4.79 Å². The van der Waals surface area contributed by atoms with E-state index in [4.69, 9.17) is 18.9 Å². The minimum atomic E-state index is -1.40. The molecule has 0 radical (unpaired) electrons. The summed E-state index contributed by atoms with van der Waals surface area (Å²) >= 11 is 0. The molecular weight excluding hydrogens is 582 g/mol. The van der Waals surface area contributed by atoms with Gasteiger partial charge in [0.25, 0.3) is 5.56 Å². The Kier molecular flexibility index (Phi) is 8.12. The van der Waals surface area contributed by atoms with Crippen molar-refractivity contribution in [1.82, 2.24) is 19.7 Å². The smallest absolute Gasteiger partial charge is 0.338 e. The number of rotatable bonds is 8. The molecule has 0 spiro atoms. The van der Waals surface area contributed by atoms with Crippen molar-refractivity contribution in [2.75, 3.05) is 6.61 Å². The highest BCUT2D eigenvalue weighted by atomic mass is 16.7. The van der Waals surface area contributed by atoms with Crippen molar-refractivity contribution in [2.24, 2.45) is 0 Å². The van der Waals surface area contributed by atoms with Gasteiger partial charge in [0.2, 0.25) is 0 Å². The first kappa shape index (κ1) is 29.0. The average Bonchev–Trinajstić information content (AvgIpc) is 3.63. The van der Waals surface area contributed by atoms with Crippen molar-refractivity contribution in [1.29, 1.82) is 5.26 Å². The number of nitriles is 1. The topological polar surface area (TPSA) is 175 Å². The SMILES string of the molecule is N#Cc1nn(C2OC(COC(=O)c3ccccc3)C(OC(=O)c3ccccc3)C2OC(=O)c2ccccc2)c2nc[nH]c(=O)c12. The summed E-state index contributed by atoms with van der Waals surface area (Å²) in [6.45, 7) is -0.422. The minimum Gasteiger partial charge on any atom is -0.459 e. The van der Waals surface area contributed by atoms with E-state index in [-0.39, 0.29) is 33.4 Å². The molecule has 0 bridgehead atoms. The molecule has 2 aromatic heterocycles. The maximum atomic E-state index is 13.4. The molecule has 1 aliphatic heterocycles. The fourth-order valence-electron chi connectivity index (χ4n) is 4.89. The molecule has 1 N–H and O–H groups in total. The molecule has 0 aliphatic carbocycles. The normalized spacial score (nSPS) is 19.0. The lowest BCUT2D eigenvalue weighted by atomic mass is 10.1. The van der Waals surface area contributed by atoms with E-state index in [2.05, 4.69) is 15.1 Å². The molecule has 3 aromatic carbocycles. The van der Waals surface area contributed by atoms with Crippen LogP contribution in [0.1, 0.15) is 43.0 Å². The van der Waals surface area contributed by atoms with Gasteiger partial charge in [-0.15, -0.1) is 0 Å². The predicted molar refractivity (Wildman–Crippen MR) is 155 cm³/mol. The largest absolute Gasteiger partial charge is 0.459 e. The second-order valence-corrected chi connectivity index (χ2v) is 9.84. The maximum Gasteiger partial charge on any atom is 0.338 e. The lowest BCUT2D eigenvalue weighted by Gasteiger charge is -2.24. The standard InChI is InChI=1S/C32H23N5O8/c33-16-22-24-27(34-18-35-28(24)38)37(36-22)29-26(45-32(41)21-14-8-3-9-15-21)25(44-31(40)20-12-6-2-7-13-20)23(43-29)17-42-30(39)19-10-4-1-5-11-19/h1-15,18,23,25-26,29H,17H2,(H,34,35,38). The Hall–Kier alpha value is -6.13. The van der Waals surface area contributed by atoms with Gasteiger partial charge in [0, 0.05) is 0 Å². The number of benzene rings is 3. The number of aromatic nitrogens is 4. The van der Waals surface area contributed by atoms with E-state index < -0.39 is 54.6 Å². The third-order valence-corrected chi connectivity index (χ3v) is 7.02. The third-order valence-electron chi connectivity index (χ3n) is 7.02. The van der Waals surface area contributed by atoms with E-state index in [1.807, 2.05) is 6.07 Å². The number of aromatic amines is 1. The number of nitrogens with zero attached hydrogens (tertiary/aromatic N) is 4. The van der Waals surface area contributed by atoms with Crippen molar-refractivity contribution in [2.45, 2.75) is 24.5 Å². The molecule has 4 atom stereocenters. The van der Waals surface area contributed by atoms with E-state index in [1.54, 1.807) is 78.9 Å². The Balaban J connectivity index is 1.41. The molecular formula is C32H23N5O8. The van der Waals surface area contributed by atoms with Crippen molar-refractivity contribution in [3.8, 4) is 6.07 Å². The van der Waals surface area contributed by atoms with Gasteiger partial charge in [-0.1, -0.05) is 54.6 Å². The van der Waals surface area contributed by atoms with Crippen LogP contribution in [0.4, 0.5) is 0 Å². The summed E-state index contributed by atoms with van der Waals surface area (Å²) in [5, 5.41) is 13.8. The quantitative estimate of drug-likeness (QED) is 0.203. The number of fused-ring (bicyclic) bond motifs is 1. The second kappa shape index (κ2) is 12.6. The first-order valence-electron chi connectivity index (χ1n) is 13.7. The lowest BCUT2D eigenvalue weighted by molar-refractivity contribution is -0.0654. The fraction of sp³-hybridized carbons (Fsp3) is 0.156. The molecule has 1 saturated heterocycles. The molecule has 3 heterocycles. The van der Waals surface area contributed by atoms with Crippen LogP contribution in [0.2, 0.25) is 0 Å². The summed E-state index contributed by atoms with van der Waals surface area (Å²) in [6.07, 6.45) is -4.18. The number of H-pyrrole nitrogens is 1. The number of nitrogens with one attached hydrogen (secondary N) is 1. The Bertz CT molecular complexity index is 1950. The molecule has 1 fully saturated rings. The summed E-state index contributed by atoms with van der Waals surface area (Å²) in [5.41, 5.74) is -0.250. The van der Waals surface area contributed by atoms with E-state index in [1.165, 1.54) is 12.1 Å². The van der Waals surface area contributed by atoms with Crippen LogP contribution in [0.25, 0.3) is 11.0 Å². The molecule has 0 saturated carbocycles. The highest BCUT2D eigenvalue weighted by molar-refractivity contribution is 5.91. The summed E-state index contributed by atoms with van der Waals surface area (Å²) < 4.78 is 24.7. The van der Waals surface area contributed by atoms with Gasteiger partial charge in [0.1, 0.15) is 24.2 Å². The van der Waals surface area contributed by atoms with Gasteiger partial charge in [0.15, 0.2) is 29.8 Å². The molecule has 13 heteroatoms. The Labute approximate surface area is 254 Å². The number of hydrogen-bond acceptors (Lipinski definition) is 11. The van der Waals surface area contributed by atoms with Gasteiger partial charge < -0.3 is 23.9 Å². The molecule has 13 nitrogen and oxygen atoms in total. The number of ether oxygens (including phenoxy) is 4. The first-order chi connectivity index (χ1) is 21.9. The van der Waals surface area contributed by atoms with Crippen LogP contribution in [0, 0.1) is 11.3 Å². The first-order valence-corrected chi connectivity index (χ1v) is 13.7. The van der Waals surface area contributed by atoms with Gasteiger partial charge in [-0.2, -0.15) is 10.4 Å². The number of carbonyl (C=O) groups is 3. The van der Waals surface area contributed by atoms with E-state index >= 15 is 0 Å². The Morgan fingerprint density at radius 3 is 1.91 bits per heavy atom. The van der Waals surface area contributed by atoms with Gasteiger partial charge in [0.05, 0.1) is 23.0 Å². The molecule has 45 heavy (non-hydrogen) atoms. The second-order valence-electron chi connectivity index (χ2n) is 9.84. The molecule has 4 unspecified atom stereocenters. The van der Waals surface area contributed by atoms with E-state index in [0.717, 1.165) is 11.0 Å². The summed E-state index contributed by atoms with van der Waals surface area (Å²) in [7, 11) is 0. The third kappa shape index (κ3) is 5.90. The summed E-state index contributed by atoms with van der Waals surface area (Å²) in [4.78, 5) is 58.7. The van der Waals surface area contributed by atoms with Crippen molar-refractivity contribution in [3.05, 3.63) is 130 Å². The predicted octanol–water partition coefficient (Wildman–Crippen LogP) is 3.20. The molecule has 0 amide bonds. The van der Waals surface area contributed by atoms with Crippen molar-refractivity contribution < 1.29 is 33.3 Å². The van der Waals surface area contributed by atoms with Crippen molar-refractivity contribution >= 4 is 28.9 Å². The van der Waals surface area contributed by atoms with Crippen LogP contribution in [0.3, 0.4) is 0 Å². The van der Waals surface area contributed by atoms with Crippen LogP contribution in [0.15, 0.2) is 102 Å². The summed E-state index contributed by atoms with van der Waals surface area (Å²) in [6, 6.07) is 26.3. The average molecular weight is 606 g/mol. The van der Waals surface area contributed by atoms with Crippen LogP contribution in [-0.2, 0) is 18.9 Å². The monoisotopic (exact) mass is 605 g/mol. The van der Waals surface area contributed by atoms with Crippen molar-refractivity contribution in [3.63, 3.8) is 0 Å².